The molecule has 0 fully saturated rings. The van der Waals surface area contributed by atoms with Crippen LogP contribution in [-0.2, 0) is 16.6 Å². The van der Waals surface area contributed by atoms with E-state index in [2.05, 4.69) is 15.2 Å². The van der Waals surface area contributed by atoms with Crippen LogP contribution >= 0.6 is 0 Å². The minimum atomic E-state index is -0.448. The third kappa shape index (κ3) is 3.79. The zero-order valence-electron chi connectivity index (χ0n) is 11.7. The minimum absolute atomic E-state index is 0.293. The van der Waals surface area contributed by atoms with Crippen LogP contribution in [0.1, 0.15) is 16.1 Å². The molecule has 1 aromatic heterocycles. The fourth-order valence-electron chi connectivity index (χ4n) is 1.73. The second-order valence-corrected chi connectivity index (χ2v) is 4.27. The number of aromatic nitrogens is 2. The molecule has 0 aliphatic carbocycles. The number of carbonyl (C=O) groups excluding carboxylic acids is 2. The van der Waals surface area contributed by atoms with Gasteiger partial charge < -0.3 is 10.1 Å². The molecule has 1 amide bonds. The van der Waals surface area contributed by atoms with E-state index in [-0.39, 0.29) is 5.91 Å². The summed E-state index contributed by atoms with van der Waals surface area (Å²) in [7, 11) is 3.10. The summed E-state index contributed by atoms with van der Waals surface area (Å²) in [5, 5.41) is 6.68. The van der Waals surface area contributed by atoms with Gasteiger partial charge >= 0.3 is 5.97 Å². The van der Waals surface area contributed by atoms with E-state index in [0.717, 1.165) is 5.69 Å². The topological polar surface area (TPSA) is 73.2 Å². The minimum Gasteiger partial charge on any atom is -0.465 e. The molecule has 108 valence electrons. The van der Waals surface area contributed by atoms with Crippen LogP contribution < -0.4 is 5.32 Å². The van der Waals surface area contributed by atoms with Crippen molar-refractivity contribution in [2.75, 3.05) is 12.4 Å². The molecule has 0 bridgehead atoms. The van der Waals surface area contributed by atoms with Crippen molar-refractivity contribution in [3.8, 4) is 0 Å². The van der Waals surface area contributed by atoms with Gasteiger partial charge in [-0.1, -0.05) is 6.07 Å². The third-order valence-corrected chi connectivity index (χ3v) is 2.82. The maximum absolute atomic E-state index is 11.8. The van der Waals surface area contributed by atoms with Gasteiger partial charge in [-0.2, -0.15) is 5.10 Å². The number of nitrogens with zero attached hydrogens (tertiary/aromatic N) is 2. The fraction of sp³-hybridized carbons (Fsp3) is 0.133. The van der Waals surface area contributed by atoms with E-state index >= 15 is 0 Å². The summed E-state index contributed by atoms with van der Waals surface area (Å²) in [5.41, 5.74) is 1.72. The predicted molar refractivity (Wildman–Crippen MR) is 78.7 cm³/mol. The van der Waals surface area contributed by atoms with Crippen LogP contribution in [0.4, 0.5) is 5.69 Å². The molecule has 0 radical (unpaired) electrons. The molecule has 1 aromatic carbocycles. The van der Waals surface area contributed by atoms with Crippen LogP contribution in [0.2, 0.25) is 0 Å². The highest BCUT2D eigenvalue weighted by Gasteiger charge is 2.06. The lowest BCUT2D eigenvalue weighted by atomic mass is 10.2. The molecular weight excluding hydrogens is 270 g/mol. The summed E-state index contributed by atoms with van der Waals surface area (Å²) in [6.45, 7) is 0. The average molecular weight is 285 g/mol. The molecule has 0 aliphatic rings. The van der Waals surface area contributed by atoms with Crippen molar-refractivity contribution in [3.05, 3.63) is 53.9 Å². The van der Waals surface area contributed by atoms with Crippen molar-refractivity contribution in [1.82, 2.24) is 9.78 Å². The Labute approximate surface area is 122 Å². The summed E-state index contributed by atoms with van der Waals surface area (Å²) in [4.78, 5) is 23.2. The molecule has 0 atom stereocenters. The Morgan fingerprint density at radius 1 is 1.33 bits per heavy atom. The Morgan fingerprint density at radius 3 is 2.81 bits per heavy atom. The number of anilines is 1. The van der Waals surface area contributed by atoms with E-state index in [9.17, 15) is 9.59 Å². The molecule has 0 unspecified atom stereocenters. The highest BCUT2D eigenvalue weighted by atomic mass is 16.5. The van der Waals surface area contributed by atoms with Crippen LogP contribution in [0, 0.1) is 0 Å². The third-order valence-electron chi connectivity index (χ3n) is 2.82. The quantitative estimate of drug-likeness (QED) is 0.687. The zero-order valence-corrected chi connectivity index (χ0v) is 11.7. The summed E-state index contributed by atoms with van der Waals surface area (Å²) in [6, 6.07) is 8.34. The summed E-state index contributed by atoms with van der Waals surface area (Å²) in [5.74, 6) is -0.741. The van der Waals surface area contributed by atoms with Crippen molar-refractivity contribution >= 4 is 23.6 Å². The SMILES string of the molecule is COC(=O)c1cccc(NC(=O)/C=C/c2ccnn2C)c1. The Balaban J connectivity index is 2.04. The predicted octanol–water partition coefficient (Wildman–Crippen LogP) is 1.86. The smallest absolute Gasteiger partial charge is 0.337 e. The Bertz CT molecular complexity index is 689. The number of benzene rings is 1. The average Bonchev–Trinajstić information content (AvgIpc) is 2.90. The molecule has 2 rings (SSSR count). The van der Waals surface area contributed by atoms with Gasteiger partial charge in [0.05, 0.1) is 18.4 Å². The summed E-state index contributed by atoms with van der Waals surface area (Å²) >= 11 is 0. The van der Waals surface area contributed by atoms with Gasteiger partial charge in [0.25, 0.3) is 0 Å². The van der Waals surface area contributed by atoms with Gasteiger partial charge in [-0.05, 0) is 30.3 Å². The number of carbonyl (C=O) groups is 2. The maximum Gasteiger partial charge on any atom is 0.337 e. The number of ether oxygens (including phenoxy) is 1. The number of methoxy groups -OCH3 is 1. The Kier molecular flexibility index (Phi) is 4.50. The van der Waals surface area contributed by atoms with Gasteiger partial charge in [-0.15, -0.1) is 0 Å². The van der Waals surface area contributed by atoms with E-state index in [4.69, 9.17) is 0 Å². The van der Waals surface area contributed by atoms with Gasteiger partial charge in [-0.25, -0.2) is 4.79 Å². The number of amides is 1. The van der Waals surface area contributed by atoms with Crippen LogP contribution in [0.3, 0.4) is 0 Å². The van der Waals surface area contributed by atoms with Crippen LogP contribution in [-0.4, -0.2) is 28.8 Å². The molecule has 6 heteroatoms. The highest BCUT2D eigenvalue weighted by molar-refractivity contribution is 6.02. The number of nitrogens with one attached hydrogen (secondary N) is 1. The lowest BCUT2D eigenvalue weighted by Gasteiger charge is -2.04. The Morgan fingerprint density at radius 2 is 2.14 bits per heavy atom. The standard InChI is InChI=1S/C15H15N3O3/c1-18-13(8-9-16-18)6-7-14(19)17-12-5-3-4-11(10-12)15(20)21-2/h3-10H,1-2H3,(H,17,19)/b7-6+. The van der Waals surface area contributed by atoms with E-state index in [1.807, 2.05) is 0 Å². The monoisotopic (exact) mass is 285 g/mol. The molecule has 2 aromatic rings. The largest absolute Gasteiger partial charge is 0.465 e. The zero-order chi connectivity index (χ0) is 15.2. The first-order valence-corrected chi connectivity index (χ1v) is 6.25. The van der Waals surface area contributed by atoms with E-state index in [1.165, 1.54) is 13.2 Å². The van der Waals surface area contributed by atoms with Gasteiger partial charge in [0.15, 0.2) is 0 Å². The van der Waals surface area contributed by atoms with Crippen molar-refractivity contribution < 1.29 is 14.3 Å². The molecule has 0 aliphatic heterocycles. The first kappa shape index (κ1) is 14.5. The van der Waals surface area contributed by atoms with E-state index < -0.39 is 5.97 Å². The van der Waals surface area contributed by atoms with Gasteiger partial charge in [0.1, 0.15) is 0 Å². The first-order valence-electron chi connectivity index (χ1n) is 6.25. The van der Waals surface area contributed by atoms with Crippen LogP contribution in [0.5, 0.6) is 0 Å². The number of aryl methyl sites for hydroxylation is 1. The lowest BCUT2D eigenvalue weighted by molar-refractivity contribution is -0.111. The number of esters is 1. The van der Waals surface area contributed by atoms with Crippen molar-refractivity contribution in [2.24, 2.45) is 7.05 Å². The molecule has 1 heterocycles. The Hall–Kier alpha value is -2.89. The fourth-order valence-corrected chi connectivity index (χ4v) is 1.73. The molecule has 0 spiro atoms. The van der Waals surface area contributed by atoms with Crippen LogP contribution in [0.15, 0.2) is 42.6 Å². The molecular formula is C15H15N3O3. The van der Waals surface area contributed by atoms with Crippen LogP contribution in [0.25, 0.3) is 6.08 Å². The number of hydrogen-bond acceptors (Lipinski definition) is 4. The van der Waals surface area contributed by atoms with Crippen molar-refractivity contribution in [2.45, 2.75) is 0 Å². The molecule has 21 heavy (non-hydrogen) atoms. The van der Waals surface area contributed by atoms with E-state index in [0.29, 0.717) is 11.3 Å². The second kappa shape index (κ2) is 6.51. The van der Waals surface area contributed by atoms with E-state index in [1.54, 1.807) is 54.3 Å². The van der Waals surface area contributed by atoms with Gasteiger partial charge in [-0.3, -0.25) is 9.48 Å². The summed E-state index contributed by atoms with van der Waals surface area (Å²) in [6.07, 6.45) is 4.71. The molecule has 0 saturated carbocycles. The molecule has 0 saturated heterocycles. The number of rotatable bonds is 4. The first-order chi connectivity index (χ1) is 10.1. The normalized spacial score (nSPS) is 10.6. The van der Waals surface area contributed by atoms with Crippen molar-refractivity contribution in [1.29, 1.82) is 0 Å². The van der Waals surface area contributed by atoms with Gasteiger partial charge in [0.2, 0.25) is 5.91 Å². The maximum atomic E-state index is 11.8. The summed E-state index contributed by atoms with van der Waals surface area (Å²) < 4.78 is 6.28. The highest BCUT2D eigenvalue weighted by Crippen LogP contribution is 2.11. The molecule has 1 N–H and O–H groups in total. The second-order valence-electron chi connectivity index (χ2n) is 4.27. The van der Waals surface area contributed by atoms with Gasteiger partial charge in [0, 0.05) is 25.0 Å². The number of hydrogen-bond donors (Lipinski definition) is 1. The van der Waals surface area contributed by atoms with Crippen molar-refractivity contribution in [3.63, 3.8) is 0 Å². The lowest BCUT2D eigenvalue weighted by Crippen LogP contribution is -2.09. The molecule has 6 nitrogen and oxygen atoms in total.